The Morgan fingerprint density at radius 2 is 2.35 bits per heavy atom. The molecule has 2 fully saturated rings. The van der Waals surface area contributed by atoms with Crippen molar-refractivity contribution in [1.29, 1.82) is 0 Å². The van der Waals surface area contributed by atoms with Gasteiger partial charge in [-0.1, -0.05) is 11.6 Å². The molecule has 90 valence electrons. The molecule has 1 saturated carbocycles. The van der Waals surface area contributed by atoms with Crippen molar-refractivity contribution in [2.75, 3.05) is 6.54 Å². The molecule has 2 atom stereocenters. The molecule has 1 saturated heterocycles. The Hall–Kier alpha value is -0.610. The maximum absolute atomic E-state index is 12.4. The minimum Gasteiger partial charge on any atom is -0.335 e. The molecule has 0 spiro atoms. The van der Waals surface area contributed by atoms with Crippen LogP contribution in [0.4, 0.5) is 0 Å². The molecule has 2 unspecified atom stereocenters. The first-order chi connectivity index (χ1) is 8.15. The number of carbonyl (C=O) groups excluding carboxylic acids is 1. The summed E-state index contributed by atoms with van der Waals surface area (Å²) in [5.41, 5.74) is 0.508. The van der Waals surface area contributed by atoms with Gasteiger partial charge in [-0.05, 0) is 47.2 Å². The molecular formula is C12H12BrClN2O. The maximum atomic E-state index is 12.4. The molecule has 3 rings (SSSR count). The summed E-state index contributed by atoms with van der Waals surface area (Å²) in [5, 5.41) is 0.293. The lowest BCUT2D eigenvalue weighted by molar-refractivity contribution is 0.0703. The lowest BCUT2D eigenvalue weighted by Gasteiger charge is -2.27. The minimum atomic E-state index is 0.0241. The Morgan fingerprint density at radius 3 is 3.00 bits per heavy atom. The van der Waals surface area contributed by atoms with Gasteiger partial charge in [0, 0.05) is 23.3 Å². The summed E-state index contributed by atoms with van der Waals surface area (Å²) >= 11 is 9.31. The molecule has 1 aromatic heterocycles. The van der Waals surface area contributed by atoms with Crippen LogP contribution in [0.15, 0.2) is 16.7 Å². The molecule has 1 aliphatic carbocycles. The molecule has 0 radical (unpaired) electrons. The fraction of sp³-hybridized carbons (Fsp3) is 0.500. The second-order valence-electron chi connectivity index (χ2n) is 4.78. The third-order valence-corrected chi connectivity index (χ3v) is 4.44. The molecule has 1 amide bonds. The molecule has 2 heterocycles. The predicted octanol–water partition coefficient (Wildman–Crippen LogP) is 3.12. The average molecular weight is 316 g/mol. The summed E-state index contributed by atoms with van der Waals surface area (Å²) in [5.74, 6) is 0.721. The van der Waals surface area contributed by atoms with Crippen molar-refractivity contribution in [3.63, 3.8) is 0 Å². The molecule has 0 N–H and O–H groups in total. The first-order valence-corrected chi connectivity index (χ1v) is 6.94. The number of nitrogens with zero attached hydrogens (tertiary/aromatic N) is 2. The van der Waals surface area contributed by atoms with Gasteiger partial charge in [-0.15, -0.1) is 0 Å². The van der Waals surface area contributed by atoms with E-state index in [0.29, 0.717) is 22.7 Å². The number of fused-ring (bicyclic) bond motifs is 2. The van der Waals surface area contributed by atoms with Crippen molar-refractivity contribution in [3.05, 3.63) is 27.5 Å². The van der Waals surface area contributed by atoms with E-state index >= 15 is 0 Å². The minimum absolute atomic E-state index is 0.0241. The van der Waals surface area contributed by atoms with Gasteiger partial charge in [0.2, 0.25) is 0 Å². The van der Waals surface area contributed by atoms with Crippen molar-refractivity contribution in [2.24, 2.45) is 5.92 Å². The molecule has 2 bridgehead atoms. The molecule has 1 aromatic rings. The number of rotatable bonds is 1. The summed E-state index contributed by atoms with van der Waals surface area (Å²) in [6.07, 6.45) is 5.16. The standard InChI is InChI=1S/C12H12BrClN2O/c13-8-4-10(11(14)15-5-8)12(17)16-6-7-1-2-9(16)3-7/h4-5,7,9H,1-3,6H2. The van der Waals surface area contributed by atoms with Crippen molar-refractivity contribution in [3.8, 4) is 0 Å². The van der Waals surface area contributed by atoms with Crippen LogP contribution in [0.3, 0.4) is 0 Å². The van der Waals surface area contributed by atoms with Gasteiger partial charge in [0.1, 0.15) is 5.15 Å². The summed E-state index contributed by atoms with van der Waals surface area (Å²) in [7, 11) is 0. The highest BCUT2D eigenvalue weighted by Gasteiger charge is 2.40. The fourth-order valence-electron chi connectivity index (χ4n) is 2.90. The smallest absolute Gasteiger partial charge is 0.257 e. The number of hydrogen-bond acceptors (Lipinski definition) is 2. The first-order valence-electron chi connectivity index (χ1n) is 5.77. The first kappa shape index (κ1) is 11.5. The van der Waals surface area contributed by atoms with Gasteiger partial charge >= 0.3 is 0 Å². The number of hydrogen-bond donors (Lipinski definition) is 0. The van der Waals surface area contributed by atoms with Crippen LogP contribution in [0, 0.1) is 5.92 Å². The van der Waals surface area contributed by atoms with Crippen LogP contribution in [0.25, 0.3) is 0 Å². The molecular weight excluding hydrogens is 304 g/mol. The van der Waals surface area contributed by atoms with Crippen molar-refractivity contribution >= 4 is 33.4 Å². The zero-order chi connectivity index (χ0) is 12.0. The van der Waals surface area contributed by atoms with E-state index in [2.05, 4.69) is 20.9 Å². The number of amides is 1. The zero-order valence-corrected chi connectivity index (χ0v) is 11.5. The van der Waals surface area contributed by atoms with Crippen LogP contribution >= 0.6 is 27.5 Å². The number of carbonyl (C=O) groups is 1. The number of piperidine rings is 1. The Morgan fingerprint density at radius 1 is 1.53 bits per heavy atom. The lowest BCUT2D eigenvalue weighted by Crippen LogP contribution is -2.37. The number of pyridine rings is 1. The molecule has 0 aromatic carbocycles. The molecule has 5 heteroatoms. The highest BCUT2D eigenvalue weighted by molar-refractivity contribution is 9.10. The van der Waals surface area contributed by atoms with Crippen LogP contribution < -0.4 is 0 Å². The number of halogens is 2. The summed E-state index contributed by atoms with van der Waals surface area (Å²) in [6.45, 7) is 0.881. The van der Waals surface area contributed by atoms with Crippen LogP contribution in [-0.2, 0) is 0 Å². The van der Waals surface area contributed by atoms with Crippen molar-refractivity contribution in [1.82, 2.24) is 9.88 Å². The SMILES string of the molecule is O=C(c1cc(Br)cnc1Cl)N1CC2CCC1C2. The van der Waals surface area contributed by atoms with E-state index in [1.165, 1.54) is 6.42 Å². The molecule has 3 nitrogen and oxygen atoms in total. The van der Waals surface area contributed by atoms with E-state index < -0.39 is 0 Å². The second-order valence-corrected chi connectivity index (χ2v) is 6.06. The van der Waals surface area contributed by atoms with Gasteiger partial charge in [0.15, 0.2) is 0 Å². The summed E-state index contributed by atoms with van der Waals surface area (Å²) < 4.78 is 0.787. The van der Waals surface area contributed by atoms with E-state index in [0.717, 1.165) is 23.9 Å². The Bertz CT molecular complexity index is 480. The normalized spacial score (nSPS) is 26.6. The third kappa shape index (κ3) is 1.97. The van der Waals surface area contributed by atoms with Crippen LogP contribution in [0.2, 0.25) is 5.15 Å². The Balaban J connectivity index is 1.89. The molecule has 2 aliphatic rings. The van der Waals surface area contributed by atoms with Gasteiger partial charge in [-0.3, -0.25) is 4.79 Å². The van der Waals surface area contributed by atoms with Crippen LogP contribution in [-0.4, -0.2) is 28.4 Å². The number of aromatic nitrogens is 1. The second kappa shape index (κ2) is 4.25. The lowest BCUT2D eigenvalue weighted by atomic mass is 10.1. The summed E-state index contributed by atoms with van der Waals surface area (Å²) in [4.78, 5) is 18.4. The van der Waals surface area contributed by atoms with Crippen LogP contribution in [0.5, 0.6) is 0 Å². The van der Waals surface area contributed by atoms with Gasteiger partial charge in [-0.2, -0.15) is 0 Å². The average Bonchev–Trinajstić information content (AvgIpc) is 2.93. The quantitative estimate of drug-likeness (QED) is 0.746. The van der Waals surface area contributed by atoms with Gasteiger partial charge in [-0.25, -0.2) is 4.98 Å². The number of likely N-dealkylation sites (tertiary alicyclic amines) is 1. The third-order valence-electron chi connectivity index (χ3n) is 3.71. The van der Waals surface area contributed by atoms with E-state index in [-0.39, 0.29) is 5.91 Å². The van der Waals surface area contributed by atoms with E-state index in [4.69, 9.17) is 11.6 Å². The maximum Gasteiger partial charge on any atom is 0.257 e. The predicted molar refractivity (Wildman–Crippen MR) is 69.1 cm³/mol. The summed E-state index contributed by atoms with van der Waals surface area (Å²) in [6, 6.07) is 2.17. The monoisotopic (exact) mass is 314 g/mol. The largest absolute Gasteiger partial charge is 0.335 e. The van der Waals surface area contributed by atoms with Gasteiger partial charge in [0.05, 0.1) is 5.56 Å². The Labute approximate surface area is 113 Å². The Kier molecular flexibility index (Phi) is 2.87. The molecule has 17 heavy (non-hydrogen) atoms. The van der Waals surface area contributed by atoms with E-state index in [9.17, 15) is 4.79 Å². The van der Waals surface area contributed by atoms with Crippen molar-refractivity contribution in [2.45, 2.75) is 25.3 Å². The van der Waals surface area contributed by atoms with Gasteiger partial charge in [0.25, 0.3) is 5.91 Å². The highest BCUT2D eigenvalue weighted by Crippen LogP contribution is 2.38. The zero-order valence-electron chi connectivity index (χ0n) is 9.20. The van der Waals surface area contributed by atoms with E-state index in [1.54, 1.807) is 12.3 Å². The van der Waals surface area contributed by atoms with E-state index in [1.807, 2.05) is 4.90 Å². The van der Waals surface area contributed by atoms with Gasteiger partial charge < -0.3 is 4.90 Å². The van der Waals surface area contributed by atoms with Crippen molar-refractivity contribution < 1.29 is 4.79 Å². The molecule has 1 aliphatic heterocycles. The fourth-order valence-corrected chi connectivity index (χ4v) is 3.42. The topological polar surface area (TPSA) is 33.2 Å². The van der Waals surface area contributed by atoms with Crippen LogP contribution in [0.1, 0.15) is 29.6 Å². The highest BCUT2D eigenvalue weighted by atomic mass is 79.9.